The van der Waals surface area contributed by atoms with Gasteiger partial charge in [-0.15, -0.1) is 0 Å². The molecule has 1 fully saturated rings. The number of nitrogens with zero attached hydrogens (tertiary/aromatic N) is 1. The molecule has 1 aliphatic heterocycles. The minimum Gasteiger partial charge on any atom is -0.480 e. The van der Waals surface area contributed by atoms with Crippen molar-refractivity contribution < 1.29 is 14.7 Å². The predicted molar refractivity (Wildman–Crippen MR) is 93.7 cm³/mol. The number of carboxylic acids is 1. The van der Waals surface area contributed by atoms with E-state index in [1.54, 1.807) is 0 Å². The first-order chi connectivity index (χ1) is 11.4. The van der Waals surface area contributed by atoms with Crippen LogP contribution in [0.5, 0.6) is 0 Å². The van der Waals surface area contributed by atoms with Crippen LogP contribution >= 0.6 is 0 Å². The third kappa shape index (κ3) is 5.06. The SMILES string of the molecule is CC(=O)N[C@H](Cc1ccc(CN2[C@H](C)CCC[C@@H]2C)cc1)C(=O)O. The lowest BCUT2D eigenvalue weighted by Gasteiger charge is -2.39. The van der Waals surface area contributed by atoms with Gasteiger partial charge in [-0.05, 0) is 37.8 Å². The normalized spacial score (nSPS) is 22.8. The largest absolute Gasteiger partial charge is 0.480 e. The van der Waals surface area contributed by atoms with E-state index in [1.807, 2.05) is 12.1 Å². The summed E-state index contributed by atoms with van der Waals surface area (Å²) in [4.78, 5) is 24.9. The number of aliphatic carboxylic acids is 1. The van der Waals surface area contributed by atoms with Crippen LogP contribution in [0, 0.1) is 0 Å². The van der Waals surface area contributed by atoms with Crippen LogP contribution < -0.4 is 5.32 Å². The molecular weight excluding hydrogens is 304 g/mol. The highest BCUT2D eigenvalue weighted by atomic mass is 16.4. The number of hydrogen-bond donors (Lipinski definition) is 2. The van der Waals surface area contributed by atoms with Crippen molar-refractivity contribution in [2.75, 3.05) is 0 Å². The second kappa shape index (κ2) is 8.29. The molecule has 0 unspecified atom stereocenters. The summed E-state index contributed by atoms with van der Waals surface area (Å²) >= 11 is 0. The van der Waals surface area contributed by atoms with E-state index < -0.39 is 12.0 Å². The molecule has 132 valence electrons. The van der Waals surface area contributed by atoms with Crippen molar-refractivity contribution in [1.29, 1.82) is 0 Å². The maximum atomic E-state index is 11.2. The van der Waals surface area contributed by atoms with Gasteiger partial charge in [-0.1, -0.05) is 30.7 Å². The number of carbonyl (C=O) groups excluding carboxylic acids is 1. The Morgan fingerprint density at radius 1 is 1.17 bits per heavy atom. The predicted octanol–water partition coefficient (Wildman–Crippen LogP) is 2.58. The van der Waals surface area contributed by atoms with Gasteiger partial charge in [0.25, 0.3) is 0 Å². The molecule has 0 aliphatic carbocycles. The van der Waals surface area contributed by atoms with E-state index in [9.17, 15) is 14.7 Å². The standard InChI is InChI=1S/C19H28N2O3/c1-13-5-4-6-14(2)21(13)12-17-9-7-16(8-10-17)11-18(19(23)24)20-15(3)22/h7-10,13-14,18H,4-6,11-12H2,1-3H3,(H,20,22)(H,23,24)/t13-,14+,18-/m1/s1. The van der Waals surface area contributed by atoms with Gasteiger partial charge in [-0.3, -0.25) is 9.69 Å². The van der Waals surface area contributed by atoms with E-state index in [-0.39, 0.29) is 5.91 Å². The van der Waals surface area contributed by atoms with E-state index >= 15 is 0 Å². The summed E-state index contributed by atoms with van der Waals surface area (Å²) in [6.07, 6.45) is 4.10. The number of benzene rings is 1. The fraction of sp³-hybridized carbons (Fsp3) is 0.579. The molecule has 1 aromatic carbocycles. The Kier molecular flexibility index (Phi) is 6.37. The van der Waals surface area contributed by atoms with Crippen molar-refractivity contribution in [1.82, 2.24) is 10.2 Å². The summed E-state index contributed by atoms with van der Waals surface area (Å²) in [5.74, 6) is -1.34. The molecule has 1 saturated heterocycles. The van der Waals surface area contributed by atoms with Gasteiger partial charge in [0.1, 0.15) is 6.04 Å². The van der Waals surface area contributed by atoms with Crippen LogP contribution in [0.1, 0.15) is 51.2 Å². The van der Waals surface area contributed by atoms with Crippen LogP contribution in [-0.2, 0) is 22.6 Å². The Bertz CT molecular complexity index is 560. The summed E-state index contributed by atoms with van der Waals surface area (Å²) in [7, 11) is 0. The van der Waals surface area contributed by atoms with Crippen molar-refractivity contribution in [3.8, 4) is 0 Å². The van der Waals surface area contributed by atoms with Crippen LogP contribution in [0.15, 0.2) is 24.3 Å². The van der Waals surface area contributed by atoms with Gasteiger partial charge in [-0.25, -0.2) is 4.79 Å². The fourth-order valence-corrected chi connectivity index (χ4v) is 3.46. The molecule has 5 heteroatoms. The number of hydrogen-bond acceptors (Lipinski definition) is 3. The number of rotatable bonds is 6. The molecule has 2 rings (SSSR count). The van der Waals surface area contributed by atoms with Crippen LogP contribution in [0.4, 0.5) is 0 Å². The molecule has 1 aliphatic rings. The first-order valence-corrected chi connectivity index (χ1v) is 8.70. The second-order valence-electron chi connectivity index (χ2n) is 6.91. The highest BCUT2D eigenvalue weighted by molar-refractivity contribution is 5.82. The van der Waals surface area contributed by atoms with Gasteiger partial charge in [-0.2, -0.15) is 0 Å². The zero-order chi connectivity index (χ0) is 17.7. The van der Waals surface area contributed by atoms with Crippen LogP contribution in [0.3, 0.4) is 0 Å². The fourth-order valence-electron chi connectivity index (χ4n) is 3.46. The molecule has 24 heavy (non-hydrogen) atoms. The number of carbonyl (C=O) groups is 2. The molecule has 1 aromatic rings. The summed E-state index contributed by atoms with van der Waals surface area (Å²) in [5.41, 5.74) is 2.16. The van der Waals surface area contributed by atoms with E-state index in [0.717, 1.165) is 12.1 Å². The lowest BCUT2D eigenvalue weighted by molar-refractivity contribution is -0.141. The molecule has 1 heterocycles. The Balaban J connectivity index is 1.99. The molecule has 0 radical (unpaired) electrons. The number of carboxylic acid groups (broad SMARTS) is 1. The summed E-state index contributed by atoms with van der Waals surface area (Å²) < 4.78 is 0. The lowest BCUT2D eigenvalue weighted by atomic mass is 9.96. The maximum absolute atomic E-state index is 11.2. The summed E-state index contributed by atoms with van der Waals surface area (Å²) in [6, 6.07) is 8.38. The third-order valence-corrected chi connectivity index (χ3v) is 4.88. The molecule has 2 N–H and O–H groups in total. The van der Waals surface area contributed by atoms with Gasteiger partial charge in [0.2, 0.25) is 5.91 Å². The molecule has 0 bridgehead atoms. The molecule has 3 atom stereocenters. The zero-order valence-corrected chi connectivity index (χ0v) is 14.8. The van der Waals surface area contributed by atoms with Gasteiger partial charge in [0.05, 0.1) is 0 Å². The molecule has 5 nitrogen and oxygen atoms in total. The zero-order valence-electron chi connectivity index (χ0n) is 14.8. The molecule has 0 aromatic heterocycles. The van der Waals surface area contributed by atoms with Crippen molar-refractivity contribution in [3.05, 3.63) is 35.4 Å². The maximum Gasteiger partial charge on any atom is 0.326 e. The molecule has 0 spiro atoms. The topological polar surface area (TPSA) is 69.6 Å². The van der Waals surface area contributed by atoms with Crippen LogP contribution in [0.25, 0.3) is 0 Å². The Morgan fingerprint density at radius 2 is 1.71 bits per heavy atom. The van der Waals surface area contributed by atoms with E-state index in [4.69, 9.17) is 0 Å². The Hall–Kier alpha value is -1.88. The van der Waals surface area contributed by atoms with E-state index in [2.05, 4.69) is 36.2 Å². The number of likely N-dealkylation sites (tertiary alicyclic amines) is 1. The van der Waals surface area contributed by atoms with Gasteiger partial charge >= 0.3 is 5.97 Å². The van der Waals surface area contributed by atoms with Crippen LogP contribution in [-0.4, -0.2) is 40.0 Å². The monoisotopic (exact) mass is 332 g/mol. The van der Waals surface area contributed by atoms with Crippen molar-refractivity contribution in [3.63, 3.8) is 0 Å². The average molecular weight is 332 g/mol. The smallest absolute Gasteiger partial charge is 0.326 e. The quantitative estimate of drug-likeness (QED) is 0.840. The third-order valence-electron chi connectivity index (χ3n) is 4.88. The molecular formula is C19H28N2O3. The molecule has 0 saturated carbocycles. The van der Waals surface area contributed by atoms with Crippen molar-refractivity contribution in [2.24, 2.45) is 0 Å². The van der Waals surface area contributed by atoms with Gasteiger partial charge < -0.3 is 10.4 Å². The number of nitrogens with one attached hydrogen (secondary N) is 1. The average Bonchev–Trinajstić information content (AvgIpc) is 2.51. The van der Waals surface area contributed by atoms with Crippen LogP contribution in [0.2, 0.25) is 0 Å². The highest BCUT2D eigenvalue weighted by Gasteiger charge is 2.24. The summed E-state index contributed by atoms with van der Waals surface area (Å²) in [5, 5.41) is 11.7. The van der Waals surface area contributed by atoms with E-state index in [0.29, 0.717) is 18.5 Å². The second-order valence-corrected chi connectivity index (χ2v) is 6.91. The first kappa shape index (κ1) is 18.5. The van der Waals surface area contributed by atoms with Crippen molar-refractivity contribution >= 4 is 11.9 Å². The van der Waals surface area contributed by atoms with Gasteiger partial charge in [0.15, 0.2) is 0 Å². The minimum atomic E-state index is -1.01. The number of amides is 1. The summed E-state index contributed by atoms with van der Waals surface area (Å²) in [6.45, 7) is 6.83. The molecule has 1 amide bonds. The number of piperidine rings is 1. The first-order valence-electron chi connectivity index (χ1n) is 8.70. The Morgan fingerprint density at radius 3 is 2.21 bits per heavy atom. The Labute approximate surface area is 144 Å². The lowest BCUT2D eigenvalue weighted by Crippen LogP contribution is -2.43. The highest BCUT2D eigenvalue weighted by Crippen LogP contribution is 2.24. The van der Waals surface area contributed by atoms with Crippen molar-refractivity contribution in [2.45, 2.75) is 71.1 Å². The van der Waals surface area contributed by atoms with Gasteiger partial charge in [0, 0.05) is 32.0 Å². The van der Waals surface area contributed by atoms with E-state index in [1.165, 1.54) is 31.7 Å². The minimum absolute atomic E-state index is 0.297.